The number of carbonyl (C=O) groups is 1. The van der Waals surface area contributed by atoms with Crippen molar-refractivity contribution in [3.8, 4) is 0 Å². The second-order valence-corrected chi connectivity index (χ2v) is 7.20. The first-order valence-corrected chi connectivity index (χ1v) is 9.83. The standard InChI is InChI=1S/C18H21N5O3S/c1-22-14(10-15(24)23(2)18(22)26)17(25)21-13(8-9-27-3)16-19-11-6-4-5-7-12(11)20-16/h4-7,10,13H,8-9H2,1-3H3,(H,19,20)(H,21,25)/t13-/m0/s1. The number of rotatable bonds is 6. The Morgan fingerprint density at radius 3 is 2.70 bits per heavy atom. The van der Waals surface area contributed by atoms with Crippen LogP contribution in [0.3, 0.4) is 0 Å². The molecule has 0 aliphatic heterocycles. The Balaban J connectivity index is 1.94. The normalized spacial score (nSPS) is 12.3. The zero-order valence-corrected chi connectivity index (χ0v) is 16.2. The van der Waals surface area contributed by atoms with Crippen LogP contribution in [0.4, 0.5) is 0 Å². The predicted octanol–water partition coefficient (Wildman–Crippen LogP) is 1.18. The second-order valence-electron chi connectivity index (χ2n) is 6.22. The smallest absolute Gasteiger partial charge is 0.331 e. The minimum Gasteiger partial charge on any atom is -0.341 e. The van der Waals surface area contributed by atoms with Gasteiger partial charge in [-0.3, -0.25) is 18.7 Å². The number of amides is 1. The number of imidazole rings is 1. The van der Waals surface area contributed by atoms with Gasteiger partial charge < -0.3 is 10.3 Å². The molecule has 0 radical (unpaired) electrons. The maximum atomic E-state index is 12.8. The number of nitrogens with one attached hydrogen (secondary N) is 2. The highest BCUT2D eigenvalue weighted by Crippen LogP contribution is 2.20. The van der Waals surface area contributed by atoms with Gasteiger partial charge in [0.15, 0.2) is 0 Å². The van der Waals surface area contributed by atoms with E-state index in [-0.39, 0.29) is 11.7 Å². The summed E-state index contributed by atoms with van der Waals surface area (Å²) < 4.78 is 2.13. The Labute approximate surface area is 159 Å². The highest BCUT2D eigenvalue weighted by molar-refractivity contribution is 7.98. The molecule has 0 saturated carbocycles. The van der Waals surface area contributed by atoms with E-state index in [2.05, 4.69) is 15.3 Å². The number of thioether (sulfide) groups is 1. The monoisotopic (exact) mass is 387 g/mol. The van der Waals surface area contributed by atoms with E-state index in [9.17, 15) is 14.4 Å². The molecule has 8 nitrogen and oxygen atoms in total. The average Bonchev–Trinajstić information content (AvgIpc) is 3.10. The molecule has 1 atom stereocenters. The molecule has 1 aromatic carbocycles. The first kappa shape index (κ1) is 19.0. The third kappa shape index (κ3) is 3.82. The van der Waals surface area contributed by atoms with Crippen molar-refractivity contribution in [2.75, 3.05) is 12.0 Å². The Kier molecular flexibility index (Phi) is 5.50. The molecule has 2 heterocycles. The molecule has 27 heavy (non-hydrogen) atoms. The summed E-state index contributed by atoms with van der Waals surface area (Å²) in [5, 5.41) is 2.91. The van der Waals surface area contributed by atoms with Gasteiger partial charge in [0.25, 0.3) is 11.5 Å². The SMILES string of the molecule is CSCC[C@H](NC(=O)c1cc(=O)n(C)c(=O)n1C)c1nc2ccccc2[nH]1. The fourth-order valence-electron chi connectivity index (χ4n) is 2.83. The summed E-state index contributed by atoms with van der Waals surface area (Å²) in [4.78, 5) is 44.6. The van der Waals surface area contributed by atoms with Crippen LogP contribution in [0.1, 0.15) is 28.8 Å². The van der Waals surface area contributed by atoms with Gasteiger partial charge in [0.2, 0.25) is 0 Å². The van der Waals surface area contributed by atoms with Gasteiger partial charge in [-0.15, -0.1) is 0 Å². The van der Waals surface area contributed by atoms with Gasteiger partial charge in [0.05, 0.1) is 17.1 Å². The minimum atomic E-state index is -0.544. The van der Waals surface area contributed by atoms with E-state index in [0.717, 1.165) is 21.4 Å². The number of fused-ring (bicyclic) bond motifs is 1. The van der Waals surface area contributed by atoms with Gasteiger partial charge in [0.1, 0.15) is 11.5 Å². The molecule has 0 aliphatic rings. The van der Waals surface area contributed by atoms with E-state index < -0.39 is 17.2 Å². The van der Waals surface area contributed by atoms with Crippen LogP contribution in [-0.4, -0.2) is 37.0 Å². The van der Waals surface area contributed by atoms with Crippen LogP contribution >= 0.6 is 11.8 Å². The second kappa shape index (κ2) is 7.83. The topological polar surface area (TPSA) is 102 Å². The van der Waals surface area contributed by atoms with Gasteiger partial charge >= 0.3 is 5.69 Å². The van der Waals surface area contributed by atoms with Crippen LogP contribution in [0.5, 0.6) is 0 Å². The predicted molar refractivity (Wildman–Crippen MR) is 106 cm³/mol. The van der Waals surface area contributed by atoms with Crippen molar-refractivity contribution in [3.63, 3.8) is 0 Å². The van der Waals surface area contributed by atoms with E-state index in [1.165, 1.54) is 24.7 Å². The number of para-hydroxylation sites is 2. The van der Waals surface area contributed by atoms with Crippen molar-refractivity contribution in [2.24, 2.45) is 14.1 Å². The molecule has 3 aromatic rings. The molecule has 142 valence electrons. The van der Waals surface area contributed by atoms with Crippen LogP contribution in [0.2, 0.25) is 0 Å². The summed E-state index contributed by atoms with van der Waals surface area (Å²) in [6, 6.07) is 8.43. The van der Waals surface area contributed by atoms with Crippen LogP contribution in [0, 0.1) is 0 Å². The first-order valence-electron chi connectivity index (χ1n) is 8.44. The lowest BCUT2D eigenvalue weighted by Crippen LogP contribution is -2.42. The molecule has 0 spiro atoms. The number of H-pyrrole nitrogens is 1. The fourth-order valence-corrected chi connectivity index (χ4v) is 3.30. The molecular formula is C18H21N5O3S. The number of aromatic nitrogens is 4. The van der Waals surface area contributed by atoms with Crippen molar-refractivity contribution in [1.29, 1.82) is 0 Å². The molecule has 3 rings (SSSR count). The van der Waals surface area contributed by atoms with Crippen molar-refractivity contribution in [3.05, 3.63) is 62.7 Å². The number of carbonyl (C=O) groups excluding carboxylic acids is 1. The van der Waals surface area contributed by atoms with E-state index in [1.807, 2.05) is 30.5 Å². The van der Waals surface area contributed by atoms with Crippen LogP contribution in [0.25, 0.3) is 11.0 Å². The number of aromatic amines is 1. The number of benzene rings is 1. The van der Waals surface area contributed by atoms with Gasteiger partial charge in [-0.2, -0.15) is 11.8 Å². The lowest BCUT2D eigenvalue weighted by Gasteiger charge is -2.17. The summed E-state index contributed by atoms with van der Waals surface area (Å²) in [7, 11) is 2.84. The summed E-state index contributed by atoms with van der Waals surface area (Å²) in [6.07, 6.45) is 2.65. The van der Waals surface area contributed by atoms with E-state index in [1.54, 1.807) is 11.8 Å². The zero-order valence-electron chi connectivity index (χ0n) is 15.4. The maximum absolute atomic E-state index is 12.8. The fraction of sp³-hybridized carbons (Fsp3) is 0.333. The highest BCUT2D eigenvalue weighted by Gasteiger charge is 2.21. The molecule has 0 bridgehead atoms. The Hall–Kier alpha value is -2.81. The van der Waals surface area contributed by atoms with Crippen LogP contribution in [-0.2, 0) is 14.1 Å². The summed E-state index contributed by atoms with van der Waals surface area (Å²) >= 11 is 1.66. The molecule has 0 saturated heterocycles. The minimum absolute atomic E-state index is 0.0216. The Morgan fingerprint density at radius 2 is 2.00 bits per heavy atom. The summed E-state index contributed by atoms with van der Waals surface area (Å²) in [6.45, 7) is 0. The van der Waals surface area contributed by atoms with Crippen molar-refractivity contribution in [1.82, 2.24) is 24.4 Å². The molecule has 0 unspecified atom stereocenters. The first-order chi connectivity index (χ1) is 12.9. The van der Waals surface area contributed by atoms with Gasteiger partial charge in [-0.25, -0.2) is 9.78 Å². The molecule has 0 fully saturated rings. The maximum Gasteiger partial charge on any atom is 0.331 e. The number of hydrogen-bond acceptors (Lipinski definition) is 5. The van der Waals surface area contributed by atoms with Gasteiger partial charge in [0, 0.05) is 20.2 Å². The van der Waals surface area contributed by atoms with Crippen molar-refractivity contribution >= 4 is 28.7 Å². The molecule has 9 heteroatoms. The summed E-state index contributed by atoms with van der Waals surface area (Å²) in [5.41, 5.74) is 0.659. The highest BCUT2D eigenvalue weighted by atomic mass is 32.2. The lowest BCUT2D eigenvalue weighted by atomic mass is 10.2. The van der Waals surface area contributed by atoms with Gasteiger partial charge in [-0.05, 0) is 30.6 Å². The molecule has 2 N–H and O–H groups in total. The van der Waals surface area contributed by atoms with E-state index in [4.69, 9.17) is 0 Å². The Morgan fingerprint density at radius 1 is 1.26 bits per heavy atom. The third-order valence-corrected chi connectivity index (χ3v) is 5.06. The van der Waals surface area contributed by atoms with Crippen LogP contribution < -0.4 is 16.6 Å². The lowest BCUT2D eigenvalue weighted by molar-refractivity contribution is 0.0923. The number of hydrogen-bond donors (Lipinski definition) is 2. The van der Waals surface area contributed by atoms with Crippen molar-refractivity contribution in [2.45, 2.75) is 12.5 Å². The molecule has 0 aliphatic carbocycles. The Bertz CT molecular complexity index is 1070. The van der Waals surface area contributed by atoms with E-state index in [0.29, 0.717) is 12.2 Å². The third-order valence-electron chi connectivity index (χ3n) is 4.41. The average molecular weight is 387 g/mol. The molecule has 1 amide bonds. The van der Waals surface area contributed by atoms with Gasteiger partial charge in [-0.1, -0.05) is 12.1 Å². The molecular weight excluding hydrogens is 366 g/mol. The van der Waals surface area contributed by atoms with Crippen LogP contribution in [0.15, 0.2) is 39.9 Å². The molecule has 2 aromatic heterocycles. The summed E-state index contributed by atoms with van der Waals surface area (Å²) in [5.74, 6) is 0.976. The number of nitrogens with zero attached hydrogens (tertiary/aromatic N) is 3. The largest absolute Gasteiger partial charge is 0.341 e. The zero-order chi connectivity index (χ0) is 19.6. The van der Waals surface area contributed by atoms with E-state index >= 15 is 0 Å². The van der Waals surface area contributed by atoms with Crippen molar-refractivity contribution < 1.29 is 4.79 Å². The quantitative estimate of drug-likeness (QED) is 0.661.